The summed E-state index contributed by atoms with van der Waals surface area (Å²) in [7, 11) is 0. The summed E-state index contributed by atoms with van der Waals surface area (Å²) in [5.41, 5.74) is 3.26. The fraction of sp³-hybridized carbons (Fsp3) is 0.292. The molecule has 7 nitrogen and oxygen atoms in total. The number of rotatable bonds is 9. The average Bonchev–Trinajstić information content (AvgIpc) is 3.41. The Morgan fingerprint density at radius 3 is 2.61 bits per heavy atom. The third-order valence-electron chi connectivity index (χ3n) is 5.09. The van der Waals surface area contributed by atoms with Crippen molar-refractivity contribution in [3.05, 3.63) is 77.9 Å². The van der Waals surface area contributed by atoms with Crippen LogP contribution in [0.4, 0.5) is 0 Å². The summed E-state index contributed by atoms with van der Waals surface area (Å²) in [6.45, 7) is 5.65. The molecular weight excluding hydrogens is 394 g/mol. The summed E-state index contributed by atoms with van der Waals surface area (Å²) < 4.78 is 13.0. The molecule has 0 aliphatic carbocycles. The predicted octanol–water partition coefficient (Wildman–Crippen LogP) is 4.87. The number of benzene rings is 1. The van der Waals surface area contributed by atoms with Gasteiger partial charge in [0.15, 0.2) is 0 Å². The lowest BCUT2D eigenvalue weighted by atomic mass is 9.92. The Balaban J connectivity index is 1.46. The number of carboxylic acids is 1. The Bertz CT molecular complexity index is 1150. The molecule has 0 bridgehead atoms. The van der Waals surface area contributed by atoms with E-state index < -0.39 is 5.97 Å². The quantitative estimate of drug-likeness (QED) is 0.416. The van der Waals surface area contributed by atoms with Crippen molar-refractivity contribution >= 4 is 17.0 Å². The van der Waals surface area contributed by atoms with Gasteiger partial charge in [0.05, 0.1) is 17.8 Å². The Morgan fingerprint density at radius 1 is 1.13 bits per heavy atom. The predicted molar refractivity (Wildman–Crippen MR) is 116 cm³/mol. The van der Waals surface area contributed by atoms with E-state index in [-0.39, 0.29) is 12.3 Å². The van der Waals surface area contributed by atoms with Crippen LogP contribution in [0.5, 0.6) is 5.75 Å². The molecule has 0 unspecified atom stereocenters. The van der Waals surface area contributed by atoms with E-state index in [9.17, 15) is 9.90 Å². The second kappa shape index (κ2) is 9.04. The van der Waals surface area contributed by atoms with Crippen molar-refractivity contribution in [2.24, 2.45) is 5.92 Å². The maximum Gasteiger partial charge on any atom is 0.304 e. The normalized spacial score (nSPS) is 12.4. The first-order valence-electron chi connectivity index (χ1n) is 10.3. The van der Waals surface area contributed by atoms with Gasteiger partial charge in [-0.25, -0.2) is 4.98 Å². The molecule has 0 radical (unpaired) electrons. The minimum absolute atomic E-state index is 0.0628. The van der Waals surface area contributed by atoms with Gasteiger partial charge in [-0.3, -0.25) is 4.79 Å². The van der Waals surface area contributed by atoms with E-state index in [4.69, 9.17) is 14.2 Å². The zero-order chi connectivity index (χ0) is 21.8. The number of hydrogen-bond acceptors (Lipinski definition) is 5. The lowest BCUT2D eigenvalue weighted by Crippen LogP contribution is -2.08. The third kappa shape index (κ3) is 4.94. The number of pyridine rings is 1. The molecule has 0 saturated carbocycles. The van der Waals surface area contributed by atoms with Crippen LogP contribution in [-0.4, -0.2) is 25.8 Å². The molecule has 1 aromatic carbocycles. The van der Waals surface area contributed by atoms with Crippen LogP contribution in [0, 0.1) is 5.92 Å². The smallest absolute Gasteiger partial charge is 0.304 e. The van der Waals surface area contributed by atoms with E-state index in [0.717, 1.165) is 28.8 Å². The molecule has 160 valence electrons. The first-order valence-corrected chi connectivity index (χ1v) is 10.3. The highest BCUT2D eigenvalue weighted by atomic mass is 16.5. The first kappa shape index (κ1) is 20.7. The molecule has 4 rings (SSSR count). The molecule has 4 aromatic rings. The maximum absolute atomic E-state index is 11.3. The van der Waals surface area contributed by atoms with E-state index in [0.29, 0.717) is 24.0 Å². The van der Waals surface area contributed by atoms with Gasteiger partial charge < -0.3 is 18.9 Å². The standard InChI is InChI=1S/C24H25N3O4/c1-16(2)14-27-11-9-18-3-6-19(25-24(18)27)15-30-20-7-4-17(5-8-20)21(13-23(28)29)22-10-12-31-26-22/h3-12,16,21H,13-15H2,1-2H3,(H,28,29)/t21-/m0/s1. The summed E-state index contributed by atoms with van der Waals surface area (Å²) in [6, 6.07) is 15.2. The van der Waals surface area contributed by atoms with E-state index in [2.05, 4.69) is 41.9 Å². The van der Waals surface area contributed by atoms with Gasteiger partial charge in [-0.15, -0.1) is 0 Å². The zero-order valence-corrected chi connectivity index (χ0v) is 17.6. The number of carbonyl (C=O) groups is 1. The molecule has 0 saturated heterocycles. The van der Waals surface area contributed by atoms with Crippen molar-refractivity contribution in [3.8, 4) is 5.75 Å². The molecule has 0 aliphatic heterocycles. The van der Waals surface area contributed by atoms with Crippen molar-refractivity contribution < 1.29 is 19.2 Å². The number of aliphatic carboxylic acids is 1. The van der Waals surface area contributed by atoms with Gasteiger partial charge in [0.2, 0.25) is 0 Å². The van der Waals surface area contributed by atoms with Crippen molar-refractivity contribution in [1.29, 1.82) is 0 Å². The molecule has 31 heavy (non-hydrogen) atoms. The molecule has 0 fully saturated rings. The summed E-state index contributed by atoms with van der Waals surface area (Å²) in [6.07, 6.45) is 3.46. The highest BCUT2D eigenvalue weighted by Gasteiger charge is 2.20. The lowest BCUT2D eigenvalue weighted by molar-refractivity contribution is -0.137. The fourth-order valence-corrected chi connectivity index (χ4v) is 3.64. The van der Waals surface area contributed by atoms with E-state index in [1.807, 2.05) is 30.3 Å². The van der Waals surface area contributed by atoms with Gasteiger partial charge in [-0.05, 0) is 41.8 Å². The summed E-state index contributed by atoms with van der Waals surface area (Å²) in [4.78, 5) is 16.0. The van der Waals surface area contributed by atoms with Crippen LogP contribution < -0.4 is 4.74 Å². The minimum Gasteiger partial charge on any atom is -0.487 e. The van der Waals surface area contributed by atoms with Crippen LogP contribution in [0.15, 0.2) is 65.5 Å². The maximum atomic E-state index is 11.3. The lowest BCUT2D eigenvalue weighted by Gasteiger charge is -2.13. The van der Waals surface area contributed by atoms with Crippen LogP contribution >= 0.6 is 0 Å². The number of carboxylic acid groups (broad SMARTS) is 1. The highest BCUT2D eigenvalue weighted by molar-refractivity contribution is 5.76. The molecule has 7 heteroatoms. The van der Waals surface area contributed by atoms with Gasteiger partial charge in [-0.2, -0.15) is 0 Å². The van der Waals surface area contributed by atoms with Gasteiger partial charge >= 0.3 is 5.97 Å². The Morgan fingerprint density at radius 2 is 1.94 bits per heavy atom. The molecule has 3 heterocycles. The van der Waals surface area contributed by atoms with Gasteiger partial charge in [0.25, 0.3) is 0 Å². The number of ether oxygens (including phenoxy) is 1. The van der Waals surface area contributed by atoms with Crippen molar-refractivity contribution in [2.75, 3.05) is 0 Å². The number of nitrogens with zero attached hydrogens (tertiary/aromatic N) is 3. The second-order valence-electron chi connectivity index (χ2n) is 8.01. The van der Waals surface area contributed by atoms with Gasteiger partial charge in [0.1, 0.15) is 24.3 Å². The molecule has 0 spiro atoms. The van der Waals surface area contributed by atoms with Crippen molar-refractivity contribution in [2.45, 2.75) is 39.3 Å². The van der Waals surface area contributed by atoms with E-state index >= 15 is 0 Å². The van der Waals surface area contributed by atoms with Crippen LogP contribution in [0.1, 0.15) is 43.1 Å². The molecule has 1 atom stereocenters. The van der Waals surface area contributed by atoms with Crippen molar-refractivity contribution in [3.63, 3.8) is 0 Å². The third-order valence-corrected chi connectivity index (χ3v) is 5.09. The van der Waals surface area contributed by atoms with Gasteiger partial charge in [0, 0.05) is 30.1 Å². The number of fused-ring (bicyclic) bond motifs is 1. The molecule has 1 N–H and O–H groups in total. The topological polar surface area (TPSA) is 90.4 Å². The molecule has 0 amide bonds. The molecule has 3 aromatic heterocycles. The van der Waals surface area contributed by atoms with E-state index in [1.165, 1.54) is 6.26 Å². The fourth-order valence-electron chi connectivity index (χ4n) is 3.64. The molecular formula is C24H25N3O4. The second-order valence-corrected chi connectivity index (χ2v) is 8.01. The SMILES string of the molecule is CC(C)Cn1ccc2ccc(COc3ccc([C@H](CC(=O)O)c4ccon4)cc3)nc21. The van der Waals surface area contributed by atoms with Crippen LogP contribution in [0.25, 0.3) is 11.0 Å². The minimum atomic E-state index is -0.892. The summed E-state index contributed by atoms with van der Waals surface area (Å²) in [5, 5.41) is 14.3. The van der Waals surface area contributed by atoms with Gasteiger partial charge in [-0.1, -0.05) is 31.1 Å². The number of aromatic nitrogens is 3. The monoisotopic (exact) mass is 419 g/mol. The zero-order valence-electron chi connectivity index (χ0n) is 17.6. The Hall–Kier alpha value is -3.61. The molecule has 0 aliphatic rings. The highest BCUT2D eigenvalue weighted by Crippen LogP contribution is 2.28. The Labute approximate surface area is 180 Å². The first-order chi connectivity index (χ1) is 15.0. The van der Waals surface area contributed by atoms with Crippen LogP contribution in [0.2, 0.25) is 0 Å². The van der Waals surface area contributed by atoms with E-state index in [1.54, 1.807) is 6.07 Å². The largest absolute Gasteiger partial charge is 0.487 e. The number of hydrogen-bond donors (Lipinski definition) is 1. The van der Waals surface area contributed by atoms with Crippen molar-refractivity contribution in [1.82, 2.24) is 14.7 Å². The summed E-state index contributed by atoms with van der Waals surface area (Å²) >= 11 is 0. The summed E-state index contributed by atoms with van der Waals surface area (Å²) in [5.74, 6) is -0.0319. The Kier molecular flexibility index (Phi) is 6.02. The van der Waals surface area contributed by atoms with Crippen LogP contribution in [-0.2, 0) is 17.9 Å². The van der Waals surface area contributed by atoms with Crippen LogP contribution in [0.3, 0.4) is 0 Å². The average molecular weight is 419 g/mol.